The number of fused-ring (bicyclic) bond motifs is 4. The molecule has 0 aliphatic carbocycles. The summed E-state index contributed by atoms with van der Waals surface area (Å²) in [5, 5.41) is 0. The molecular formula is C37H25BO2. The molecule has 0 spiro atoms. The van der Waals surface area contributed by atoms with E-state index in [4.69, 9.17) is 9.47 Å². The third-order valence-corrected chi connectivity index (χ3v) is 8.17. The Bertz CT molecular complexity index is 1910. The number of ether oxygens (including phenoxy) is 2. The fourth-order valence-electron chi connectivity index (χ4n) is 6.20. The first-order valence-corrected chi connectivity index (χ1v) is 13.7. The first kappa shape index (κ1) is 22.9. The minimum absolute atomic E-state index is 0.00467. The Morgan fingerprint density at radius 1 is 0.450 bits per heavy atom. The summed E-state index contributed by atoms with van der Waals surface area (Å²) in [5.41, 5.74) is 11.6. The van der Waals surface area contributed by atoms with Gasteiger partial charge in [-0.2, -0.15) is 0 Å². The van der Waals surface area contributed by atoms with Crippen LogP contribution in [0.3, 0.4) is 0 Å². The lowest BCUT2D eigenvalue weighted by atomic mass is 9.34. The van der Waals surface area contributed by atoms with Crippen LogP contribution in [-0.2, 0) is 0 Å². The van der Waals surface area contributed by atoms with E-state index in [9.17, 15) is 0 Å². The SMILES string of the molecule is Cc1ccccc1-c1ccc2c3c1Oc1cc(-c4ccccc4)ccc1B3c1cc(-c3ccccc3)ccc1O2. The summed E-state index contributed by atoms with van der Waals surface area (Å²) in [4.78, 5) is 0. The molecule has 8 rings (SSSR count). The van der Waals surface area contributed by atoms with Crippen molar-refractivity contribution in [3.8, 4) is 56.4 Å². The van der Waals surface area contributed by atoms with Gasteiger partial charge in [-0.15, -0.1) is 0 Å². The quantitative estimate of drug-likeness (QED) is 0.226. The minimum atomic E-state index is -0.00467. The molecule has 0 radical (unpaired) electrons. The lowest BCUT2D eigenvalue weighted by molar-refractivity contribution is 0.466. The van der Waals surface area contributed by atoms with Gasteiger partial charge in [0.15, 0.2) is 0 Å². The molecule has 188 valence electrons. The standard InChI is InChI=1S/C37H25BO2/c1-24-10-8-9-15-29(24)30-18-21-34-36-37(30)40-35-23-28(26-13-6-3-7-14-26)16-19-31(35)38(36)32-22-27(17-20-33(32)39-34)25-11-4-2-5-12-25/h2-23H,1H3. The van der Waals surface area contributed by atoms with Crippen molar-refractivity contribution < 1.29 is 9.47 Å². The van der Waals surface area contributed by atoms with Crippen molar-refractivity contribution in [3.05, 3.63) is 139 Å². The Hall–Kier alpha value is -5.02. The largest absolute Gasteiger partial charge is 0.458 e. The molecule has 0 saturated heterocycles. The summed E-state index contributed by atoms with van der Waals surface area (Å²) in [5.74, 6) is 3.52. The second-order valence-electron chi connectivity index (χ2n) is 10.5. The van der Waals surface area contributed by atoms with E-state index in [1.807, 2.05) is 6.07 Å². The van der Waals surface area contributed by atoms with Gasteiger partial charge in [-0.05, 0) is 75.5 Å². The predicted octanol–water partition coefficient (Wildman–Crippen LogP) is 7.72. The molecule has 0 N–H and O–H groups in total. The average Bonchev–Trinajstić information content (AvgIpc) is 3.02. The van der Waals surface area contributed by atoms with Gasteiger partial charge in [0.1, 0.15) is 23.0 Å². The van der Waals surface area contributed by atoms with Crippen LogP contribution in [0.5, 0.6) is 23.0 Å². The van der Waals surface area contributed by atoms with Gasteiger partial charge in [-0.1, -0.05) is 109 Å². The van der Waals surface area contributed by atoms with E-state index in [2.05, 4.69) is 134 Å². The molecule has 40 heavy (non-hydrogen) atoms. The Labute approximate surface area is 234 Å². The molecule has 6 aromatic rings. The van der Waals surface area contributed by atoms with Gasteiger partial charge >= 0.3 is 0 Å². The maximum Gasteiger partial charge on any atom is 0.260 e. The van der Waals surface area contributed by atoms with E-state index in [0.29, 0.717) is 0 Å². The molecule has 0 amide bonds. The van der Waals surface area contributed by atoms with Crippen LogP contribution in [0, 0.1) is 6.92 Å². The molecule has 0 saturated carbocycles. The van der Waals surface area contributed by atoms with Crippen LogP contribution in [-0.4, -0.2) is 6.71 Å². The van der Waals surface area contributed by atoms with Crippen LogP contribution in [0.25, 0.3) is 33.4 Å². The fourth-order valence-corrected chi connectivity index (χ4v) is 6.20. The maximum atomic E-state index is 6.88. The zero-order chi connectivity index (χ0) is 26.6. The summed E-state index contributed by atoms with van der Waals surface area (Å²) in [6, 6.07) is 47.0. The lowest BCUT2D eigenvalue weighted by Gasteiger charge is -2.34. The summed E-state index contributed by atoms with van der Waals surface area (Å²) < 4.78 is 13.4. The summed E-state index contributed by atoms with van der Waals surface area (Å²) >= 11 is 0. The van der Waals surface area contributed by atoms with E-state index in [1.165, 1.54) is 27.8 Å². The molecule has 2 aliphatic heterocycles. The monoisotopic (exact) mass is 512 g/mol. The van der Waals surface area contributed by atoms with E-state index < -0.39 is 0 Å². The third-order valence-electron chi connectivity index (χ3n) is 8.17. The van der Waals surface area contributed by atoms with Gasteiger partial charge in [0.05, 0.1) is 0 Å². The molecule has 6 aromatic carbocycles. The summed E-state index contributed by atoms with van der Waals surface area (Å²) in [6.07, 6.45) is 0. The van der Waals surface area contributed by atoms with Gasteiger partial charge < -0.3 is 9.47 Å². The Morgan fingerprint density at radius 3 is 1.85 bits per heavy atom. The van der Waals surface area contributed by atoms with E-state index in [1.54, 1.807) is 0 Å². The maximum absolute atomic E-state index is 6.88. The van der Waals surface area contributed by atoms with Gasteiger partial charge in [-0.3, -0.25) is 0 Å². The van der Waals surface area contributed by atoms with E-state index >= 15 is 0 Å². The molecule has 0 unspecified atom stereocenters. The molecule has 0 atom stereocenters. The van der Waals surface area contributed by atoms with Crippen LogP contribution in [0.4, 0.5) is 0 Å². The van der Waals surface area contributed by atoms with Crippen molar-refractivity contribution in [1.82, 2.24) is 0 Å². The van der Waals surface area contributed by atoms with Crippen molar-refractivity contribution >= 4 is 23.1 Å². The Balaban J connectivity index is 1.38. The number of hydrogen-bond donors (Lipinski definition) is 0. The van der Waals surface area contributed by atoms with E-state index in [-0.39, 0.29) is 6.71 Å². The topological polar surface area (TPSA) is 18.5 Å². The molecule has 2 aliphatic rings. The Kier molecular flexibility index (Phi) is 5.18. The highest BCUT2D eigenvalue weighted by Gasteiger charge is 2.41. The smallest absolute Gasteiger partial charge is 0.260 e. The predicted molar refractivity (Wildman–Crippen MR) is 165 cm³/mol. The first-order chi connectivity index (χ1) is 19.7. The zero-order valence-electron chi connectivity index (χ0n) is 22.1. The summed E-state index contributed by atoms with van der Waals surface area (Å²) in [6.45, 7) is 2.15. The second kappa shape index (κ2) is 9.03. The van der Waals surface area contributed by atoms with Crippen molar-refractivity contribution in [1.29, 1.82) is 0 Å². The van der Waals surface area contributed by atoms with Crippen LogP contribution >= 0.6 is 0 Å². The number of benzene rings is 6. The normalized spacial score (nSPS) is 12.5. The molecule has 0 aromatic heterocycles. The molecule has 3 heteroatoms. The fraction of sp³-hybridized carbons (Fsp3) is 0.0270. The van der Waals surface area contributed by atoms with Gasteiger partial charge in [0, 0.05) is 11.0 Å². The van der Waals surface area contributed by atoms with Crippen molar-refractivity contribution in [2.24, 2.45) is 0 Å². The van der Waals surface area contributed by atoms with Gasteiger partial charge in [0.25, 0.3) is 6.71 Å². The molecule has 0 bridgehead atoms. The van der Waals surface area contributed by atoms with Crippen LogP contribution in [0.15, 0.2) is 133 Å². The van der Waals surface area contributed by atoms with Crippen molar-refractivity contribution in [3.63, 3.8) is 0 Å². The molecule has 2 nitrogen and oxygen atoms in total. The lowest BCUT2D eigenvalue weighted by Crippen LogP contribution is -2.57. The third kappa shape index (κ3) is 3.59. The van der Waals surface area contributed by atoms with Gasteiger partial charge in [0.2, 0.25) is 0 Å². The van der Waals surface area contributed by atoms with E-state index in [0.717, 1.165) is 50.5 Å². The van der Waals surface area contributed by atoms with Crippen LogP contribution in [0.1, 0.15) is 5.56 Å². The zero-order valence-corrected chi connectivity index (χ0v) is 22.1. The highest BCUT2D eigenvalue weighted by Crippen LogP contribution is 2.42. The molecular weight excluding hydrogens is 487 g/mol. The molecule has 2 heterocycles. The Morgan fingerprint density at radius 2 is 1.10 bits per heavy atom. The highest BCUT2D eigenvalue weighted by molar-refractivity contribution is 6.98. The summed E-state index contributed by atoms with van der Waals surface area (Å²) in [7, 11) is 0. The average molecular weight is 512 g/mol. The number of rotatable bonds is 3. The van der Waals surface area contributed by atoms with Crippen molar-refractivity contribution in [2.45, 2.75) is 6.92 Å². The van der Waals surface area contributed by atoms with Crippen LogP contribution < -0.4 is 25.9 Å². The first-order valence-electron chi connectivity index (χ1n) is 13.7. The van der Waals surface area contributed by atoms with Crippen LogP contribution in [0.2, 0.25) is 0 Å². The number of aryl methyl sites for hydroxylation is 1. The highest BCUT2D eigenvalue weighted by atomic mass is 16.5. The molecule has 0 fully saturated rings. The minimum Gasteiger partial charge on any atom is -0.458 e. The van der Waals surface area contributed by atoms with Crippen molar-refractivity contribution in [2.75, 3.05) is 0 Å². The van der Waals surface area contributed by atoms with Gasteiger partial charge in [-0.25, -0.2) is 0 Å². The number of hydrogen-bond acceptors (Lipinski definition) is 2. The second-order valence-corrected chi connectivity index (χ2v) is 10.5.